The molecule has 0 saturated heterocycles. The van der Waals surface area contributed by atoms with Crippen molar-refractivity contribution in [2.24, 2.45) is 0 Å². The molecule has 0 aliphatic rings. The van der Waals surface area contributed by atoms with Gasteiger partial charge in [0.25, 0.3) is 0 Å². The quantitative estimate of drug-likeness (QED) is 0.240. The molecule has 4 heteroatoms. The van der Waals surface area contributed by atoms with E-state index in [1.54, 1.807) is 6.07 Å². The van der Waals surface area contributed by atoms with Gasteiger partial charge < -0.3 is 14.9 Å². The van der Waals surface area contributed by atoms with Crippen molar-refractivity contribution in [3.8, 4) is 22.3 Å². The van der Waals surface area contributed by atoms with Crippen molar-refractivity contribution in [1.29, 1.82) is 0 Å². The van der Waals surface area contributed by atoms with Gasteiger partial charge in [0.2, 0.25) is 0 Å². The standard InChI is InChI=1S/C34H26BNO2/c37-35(38)33-22-23-34(32-17-8-7-16-31(32)33)36(29-20-18-27(19-21-29)25-10-3-1-4-11-25)30-15-9-14-28(24-30)26-12-5-2-6-13-26/h1-24,37-38H. The Hall–Kier alpha value is -4.64. The van der Waals surface area contributed by atoms with Crippen molar-refractivity contribution in [2.75, 3.05) is 4.90 Å². The van der Waals surface area contributed by atoms with Gasteiger partial charge >= 0.3 is 7.12 Å². The van der Waals surface area contributed by atoms with E-state index in [9.17, 15) is 10.0 Å². The molecule has 0 aliphatic heterocycles. The second-order valence-electron chi connectivity index (χ2n) is 9.26. The Kier molecular flexibility index (Phi) is 6.49. The number of anilines is 3. The summed E-state index contributed by atoms with van der Waals surface area (Å²) in [5.74, 6) is 0. The number of rotatable bonds is 6. The number of benzene rings is 6. The number of hydrogen-bond acceptors (Lipinski definition) is 3. The molecular weight excluding hydrogens is 465 g/mol. The first-order chi connectivity index (χ1) is 18.7. The molecule has 0 aliphatic carbocycles. The Morgan fingerprint density at radius 3 is 1.63 bits per heavy atom. The topological polar surface area (TPSA) is 43.7 Å². The number of fused-ring (bicyclic) bond motifs is 1. The molecule has 6 aromatic rings. The fourth-order valence-corrected chi connectivity index (χ4v) is 5.04. The van der Waals surface area contributed by atoms with Crippen LogP contribution < -0.4 is 10.4 Å². The molecule has 0 fully saturated rings. The van der Waals surface area contributed by atoms with Crippen molar-refractivity contribution in [2.45, 2.75) is 0 Å². The highest BCUT2D eigenvalue weighted by Crippen LogP contribution is 2.40. The summed E-state index contributed by atoms with van der Waals surface area (Å²) in [6.07, 6.45) is 0. The molecule has 6 rings (SSSR count). The van der Waals surface area contributed by atoms with Gasteiger partial charge in [0.05, 0.1) is 5.69 Å². The fourth-order valence-electron chi connectivity index (χ4n) is 5.04. The third kappa shape index (κ3) is 4.59. The number of hydrogen-bond donors (Lipinski definition) is 2. The van der Waals surface area contributed by atoms with E-state index in [1.807, 2.05) is 54.6 Å². The van der Waals surface area contributed by atoms with Gasteiger partial charge in [-0.2, -0.15) is 0 Å². The van der Waals surface area contributed by atoms with Crippen LogP contribution in [0.4, 0.5) is 17.1 Å². The summed E-state index contributed by atoms with van der Waals surface area (Å²) in [5.41, 5.74) is 8.07. The van der Waals surface area contributed by atoms with E-state index in [0.717, 1.165) is 44.5 Å². The molecule has 3 nitrogen and oxygen atoms in total. The lowest BCUT2D eigenvalue weighted by atomic mass is 9.77. The van der Waals surface area contributed by atoms with E-state index in [2.05, 4.69) is 89.8 Å². The molecule has 0 unspecified atom stereocenters. The zero-order chi connectivity index (χ0) is 25.9. The lowest BCUT2D eigenvalue weighted by molar-refractivity contribution is 0.426. The second kappa shape index (κ2) is 10.4. The van der Waals surface area contributed by atoms with Crippen LogP contribution in [-0.2, 0) is 0 Å². The Labute approximate surface area is 223 Å². The predicted octanol–water partition coefficient (Wildman–Crippen LogP) is 7.32. The molecule has 2 N–H and O–H groups in total. The minimum Gasteiger partial charge on any atom is -0.423 e. The summed E-state index contributed by atoms with van der Waals surface area (Å²) in [4.78, 5) is 2.23. The van der Waals surface area contributed by atoms with E-state index >= 15 is 0 Å². The average Bonchev–Trinajstić information content (AvgIpc) is 2.99. The van der Waals surface area contributed by atoms with Gasteiger partial charge in [-0.15, -0.1) is 0 Å². The van der Waals surface area contributed by atoms with Crippen LogP contribution in [-0.4, -0.2) is 17.2 Å². The van der Waals surface area contributed by atoms with Crippen LogP contribution in [0.5, 0.6) is 0 Å². The van der Waals surface area contributed by atoms with Crippen molar-refractivity contribution in [1.82, 2.24) is 0 Å². The molecule has 0 atom stereocenters. The average molecular weight is 491 g/mol. The third-order valence-corrected chi connectivity index (χ3v) is 6.90. The van der Waals surface area contributed by atoms with Gasteiger partial charge in [-0.3, -0.25) is 0 Å². The molecular formula is C34H26BNO2. The summed E-state index contributed by atoms with van der Waals surface area (Å²) in [7, 11) is -1.55. The molecule has 0 saturated carbocycles. The zero-order valence-corrected chi connectivity index (χ0v) is 20.8. The van der Waals surface area contributed by atoms with E-state index in [0.29, 0.717) is 5.46 Å². The maximum atomic E-state index is 10.0. The molecule has 0 spiro atoms. The second-order valence-corrected chi connectivity index (χ2v) is 9.26. The molecule has 0 heterocycles. The van der Waals surface area contributed by atoms with E-state index in [1.165, 1.54) is 5.56 Å². The Bertz CT molecular complexity index is 1680. The summed E-state index contributed by atoms with van der Waals surface area (Å²) in [6.45, 7) is 0. The normalized spacial score (nSPS) is 10.9. The summed E-state index contributed by atoms with van der Waals surface area (Å²) in [6, 6.07) is 49.4. The van der Waals surface area contributed by atoms with Gasteiger partial charge in [-0.1, -0.05) is 115 Å². The highest BCUT2D eigenvalue weighted by Gasteiger charge is 2.21. The lowest BCUT2D eigenvalue weighted by Crippen LogP contribution is -2.30. The van der Waals surface area contributed by atoms with Crippen LogP contribution in [0.15, 0.2) is 146 Å². The minimum absolute atomic E-state index is 0.488. The first-order valence-electron chi connectivity index (χ1n) is 12.7. The van der Waals surface area contributed by atoms with Gasteiger partial charge in [0.1, 0.15) is 0 Å². The largest absolute Gasteiger partial charge is 0.489 e. The van der Waals surface area contributed by atoms with Gasteiger partial charge in [0, 0.05) is 16.8 Å². The molecule has 0 radical (unpaired) electrons. The maximum absolute atomic E-state index is 10.0. The maximum Gasteiger partial charge on any atom is 0.489 e. The molecule has 0 aromatic heterocycles. The molecule has 38 heavy (non-hydrogen) atoms. The van der Waals surface area contributed by atoms with Crippen LogP contribution >= 0.6 is 0 Å². The van der Waals surface area contributed by atoms with Gasteiger partial charge in [-0.25, -0.2) is 0 Å². The van der Waals surface area contributed by atoms with Gasteiger partial charge in [0.15, 0.2) is 0 Å². The van der Waals surface area contributed by atoms with Crippen LogP contribution in [0.3, 0.4) is 0 Å². The predicted molar refractivity (Wildman–Crippen MR) is 159 cm³/mol. The fraction of sp³-hybridized carbons (Fsp3) is 0. The Balaban J connectivity index is 1.54. The van der Waals surface area contributed by atoms with Crippen molar-refractivity contribution < 1.29 is 10.0 Å². The molecule has 0 bridgehead atoms. The SMILES string of the molecule is OB(O)c1ccc(N(c2ccc(-c3ccccc3)cc2)c2cccc(-c3ccccc3)c2)c2ccccc12. The lowest BCUT2D eigenvalue weighted by Gasteiger charge is -2.28. The molecule has 182 valence electrons. The van der Waals surface area contributed by atoms with Crippen LogP contribution in [0.1, 0.15) is 0 Å². The zero-order valence-electron chi connectivity index (χ0n) is 20.8. The summed E-state index contributed by atoms with van der Waals surface area (Å²) in [5, 5.41) is 21.8. The molecule has 6 aromatic carbocycles. The Morgan fingerprint density at radius 2 is 0.974 bits per heavy atom. The van der Waals surface area contributed by atoms with Crippen LogP contribution in [0.2, 0.25) is 0 Å². The highest BCUT2D eigenvalue weighted by molar-refractivity contribution is 6.62. The van der Waals surface area contributed by atoms with Crippen LogP contribution in [0, 0.1) is 0 Å². The van der Waals surface area contributed by atoms with Gasteiger partial charge in [-0.05, 0) is 63.4 Å². The molecule has 0 amide bonds. The summed E-state index contributed by atoms with van der Waals surface area (Å²) < 4.78 is 0. The van der Waals surface area contributed by atoms with E-state index in [4.69, 9.17) is 0 Å². The monoisotopic (exact) mass is 491 g/mol. The highest BCUT2D eigenvalue weighted by atomic mass is 16.4. The first-order valence-corrected chi connectivity index (χ1v) is 12.7. The smallest absolute Gasteiger partial charge is 0.423 e. The Morgan fingerprint density at radius 1 is 0.421 bits per heavy atom. The van der Waals surface area contributed by atoms with Crippen molar-refractivity contribution >= 4 is 40.4 Å². The number of nitrogens with zero attached hydrogens (tertiary/aromatic N) is 1. The third-order valence-electron chi connectivity index (χ3n) is 6.90. The first kappa shape index (κ1) is 23.7. The van der Waals surface area contributed by atoms with Crippen LogP contribution in [0.25, 0.3) is 33.0 Å². The summed E-state index contributed by atoms with van der Waals surface area (Å²) >= 11 is 0. The van der Waals surface area contributed by atoms with E-state index < -0.39 is 7.12 Å². The minimum atomic E-state index is -1.55. The van der Waals surface area contributed by atoms with E-state index in [-0.39, 0.29) is 0 Å². The van der Waals surface area contributed by atoms with Crippen molar-refractivity contribution in [3.63, 3.8) is 0 Å². The van der Waals surface area contributed by atoms with Crippen molar-refractivity contribution in [3.05, 3.63) is 146 Å².